The number of fused-ring (bicyclic) bond motifs is 1. The second kappa shape index (κ2) is 5.50. The zero-order valence-corrected chi connectivity index (χ0v) is 12.1. The van der Waals surface area contributed by atoms with Crippen LogP contribution in [0.1, 0.15) is 15.9 Å². The van der Waals surface area contributed by atoms with Crippen LogP contribution >= 0.6 is 0 Å². The molecular formula is C16H16N4O2. The predicted molar refractivity (Wildman–Crippen MR) is 84.0 cm³/mol. The predicted octanol–water partition coefficient (Wildman–Crippen LogP) is 1.55. The van der Waals surface area contributed by atoms with Gasteiger partial charge in [0.25, 0.3) is 5.91 Å². The van der Waals surface area contributed by atoms with Crippen LogP contribution in [-0.2, 0) is 6.54 Å². The van der Waals surface area contributed by atoms with E-state index in [1.165, 1.54) is 0 Å². The Kier molecular flexibility index (Phi) is 3.52. The second-order valence-electron chi connectivity index (χ2n) is 5.02. The molecule has 0 aliphatic heterocycles. The molecule has 0 aliphatic rings. The molecule has 1 amide bonds. The van der Waals surface area contributed by atoms with Crippen LogP contribution in [0.2, 0.25) is 0 Å². The molecule has 0 bridgehead atoms. The number of nitrogens with two attached hydrogens (primary N) is 1. The standard InChI is InChI=1S/C16H16N4O2/c1-18-8-10-5-6-12(7-14(10)21)20-9-11-3-2-4-13(16(17)22)15(11)19-20/h2-7,9,18,21H,8H2,1H3,(H2,17,22). The highest BCUT2D eigenvalue weighted by atomic mass is 16.3. The summed E-state index contributed by atoms with van der Waals surface area (Å²) in [5.74, 6) is -0.315. The number of primary amides is 1. The van der Waals surface area contributed by atoms with E-state index < -0.39 is 5.91 Å². The molecule has 0 atom stereocenters. The molecule has 112 valence electrons. The number of hydrogen-bond acceptors (Lipinski definition) is 4. The number of rotatable bonds is 4. The van der Waals surface area contributed by atoms with Crippen molar-refractivity contribution in [2.75, 3.05) is 7.05 Å². The van der Waals surface area contributed by atoms with Gasteiger partial charge in [0.1, 0.15) is 11.3 Å². The number of amides is 1. The molecule has 6 nitrogen and oxygen atoms in total. The normalized spacial score (nSPS) is 11.0. The molecule has 0 spiro atoms. The zero-order valence-electron chi connectivity index (χ0n) is 12.1. The average molecular weight is 296 g/mol. The van der Waals surface area contributed by atoms with Gasteiger partial charge in [0.2, 0.25) is 0 Å². The molecular weight excluding hydrogens is 280 g/mol. The number of nitrogens with zero attached hydrogens (tertiary/aromatic N) is 2. The van der Waals surface area contributed by atoms with Gasteiger partial charge in [-0.15, -0.1) is 0 Å². The molecule has 1 aromatic heterocycles. The number of carbonyl (C=O) groups is 1. The third-order valence-electron chi connectivity index (χ3n) is 3.50. The lowest BCUT2D eigenvalue weighted by molar-refractivity contribution is 0.100. The van der Waals surface area contributed by atoms with E-state index >= 15 is 0 Å². The highest BCUT2D eigenvalue weighted by Crippen LogP contribution is 2.23. The van der Waals surface area contributed by atoms with Crippen molar-refractivity contribution in [3.05, 3.63) is 53.7 Å². The van der Waals surface area contributed by atoms with Crippen LogP contribution in [0.5, 0.6) is 5.75 Å². The summed E-state index contributed by atoms with van der Waals surface area (Å²) in [6.07, 6.45) is 1.80. The minimum Gasteiger partial charge on any atom is -0.508 e. The Morgan fingerprint density at radius 2 is 2.18 bits per heavy atom. The Morgan fingerprint density at radius 1 is 1.36 bits per heavy atom. The number of aromatic hydroxyl groups is 1. The third kappa shape index (κ3) is 2.40. The third-order valence-corrected chi connectivity index (χ3v) is 3.50. The number of carbonyl (C=O) groups excluding carboxylic acids is 1. The number of benzene rings is 2. The van der Waals surface area contributed by atoms with Gasteiger partial charge in [0, 0.05) is 29.8 Å². The number of nitrogens with one attached hydrogen (secondary N) is 1. The lowest BCUT2D eigenvalue weighted by Crippen LogP contribution is -2.11. The minimum atomic E-state index is -0.511. The maximum Gasteiger partial charge on any atom is 0.250 e. The van der Waals surface area contributed by atoms with Crippen LogP contribution in [0.15, 0.2) is 42.6 Å². The molecule has 0 saturated heterocycles. The van der Waals surface area contributed by atoms with Gasteiger partial charge in [0.15, 0.2) is 0 Å². The van der Waals surface area contributed by atoms with Crippen LogP contribution in [0.25, 0.3) is 16.6 Å². The van der Waals surface area contributed by atoms with E-state index in [-0.39, 0.29) is 5.75 Å². The van der Waals surface area contributed by atoms with Gasteiger partial charge in [0.05, 0.1) is 11.3 Å². The molecule has 2 aromatic carbocycles. The van der Waals surface area contributed by atoms with Crippen molar-refractivity contribution < 1.29 is 9.90 Å². The first-order valence-electron chi connectivity index (χ1n) is 6.85. The SMILES string of the molecule is CNCc1ccc(-n2cc3cccc(C(N)=O)c3n2)cc1O. The average Bonchev–Trinajstić information content (AvgIpc) is 2.93. The molecule has 22 heavy (non-hydrogen) atoms. The molecule has 3 rings (SSSR count). The monoisotopic (exact) mass is 296 g/mol. The lowest BCUT2D eigenvalue weighted by Gasteiger charge is -2.06. The van der Waals surface area contributed by atoms with Gasteiger partial charge in [-0.05, 0) is 19.2 Å². The van der Waals surface area contributed by atoms with Gasteiger partial charge in [-0.2, -0.15) is 5.10 Å². The van der Waals surface area contributed by atoms with Gasteiger partial charge in [-0.3, -0.25) is 4.79 Å². The van der Waals surface area contributed by atoms with E-state index in [0.717, 1.165) is 10.9 Å². The summed E-state index contributed by atoms with van der Waals surface area (Å²) in [4.78, 5) is 11.5. The number of phenols is 1. The number of hydrogen-bond donors (Lipinski definition) is 3. The van der Waals surface area contributed by atoms with Gasteiger partial charge in [-0.1, -0.05) is 18.2 Å². The van der Waals surface area contributed by atoms with Crippen molar-refractivity contribution >= 4 is 16.8 Å². The van der Waals surface area contributed by atoms with Crippen molar-refractivity contribution in [3.8, 4) is 11.4 Å². The highest BCUT2D eigenvalue weighted by Gasteiger charge is 2.11. The van der Waals surface area contributed by atoms with E-state index in [1.54, 1.807) is 29.1 Å². The van der Waals surface area contributed by atoms with E-state index in [9.17, 15) is 9.90 Å². The van der Waals surface area contributed by atoms with Crippen LogP contribution in [-0.4, -0.2) is 27.8 Å². The fourth-order valence-corrected chi connectivity index (χ4v) is 2.41. The second-order valence-corrected chi connectivity index (χ2v) is 5.02. The van der Waals surface area contributed by atoms with Gasteiger partial charge in [-0.25, -0.2) is 4.68 Å². The largest absolute Gasteiger partial charge is 0.508 e. The van der Waals surface area contributed by atoms with E-state index in [4.69, 9.17) is 5.73 Å². The number of aromatic nitrogens is 2. The Balaban J connectivity index is 2.09. The molecule has 0 saturated carbocycles. The van der Waals surface area contributed by atoms with E-state index in [2.05, 4.69) is 10.4 Å². The van der Waals surface area contributed by atoms with Crippen molar-refractivity contribution in [2.24, 2.45) is 5.73 Å². The topological polar surface area (TPSA) is 93.2 Å². The van der Waals surface area contributed by atoms with Crippen LogP contribution in [0.4, 0.5) is 0 Å². The Bertz CT molecular complexity index is 854. The number of phenolic OH excluding ortho intramolecular Hbond substituents is 1. The van der Waals surface area contributed by atoms with Crippen LogP contribution in [0, 0.1) is 0 Å². The highest BCUT2D eigenvalue weighted by molar-refractivity contribution is 6.04. The smallest absolute Gasteiger partial charge is 0.250 e. The summed E-state index contributed by atoms with van der Waals surface area (Å²) < 4.78 is 1.62. The molecule has 1 heterocycles. The van der Waals surface area contributed by atoms with Crippen molar-refractivity contribution in [1.29, 1.82) is 0 Å². The summed E-state index contributed by atoms with van der Waals surface area (Å²) in [5.41, 5.74) is 7.82. The maximum atomic E-state index is 11.5. The Morgan fingerprint density at radius 3 is 2.86 bits per heavy atom. The van der Waals surface area contributed by atoms with Crippen molar-refractivity contribution in [2.45, 2.75) is 6.54 Å². The summed E-state index contributed by atoms with van der Waals surface area (Å²) in [5, 5.41) is 18.3. The molecule has 0 unspecified atom stereocenters. The molecule has 6 heteroatoms. The lowest BCUT2D eigenvalue weighted by atomic mass is 10.1. The van der Waals surface area contributed by atoms with E-state index in [1.807, 2.05) is 25.2 Å². The first-order valence-corrected chi connectivity index (χ1v) is 6.85. The summed E-state index contributed by atoms with van der Waals surface area (Å²) in [6.45, 7) is 0.582. The summed E-state index contributed by atoms with van der Waals surface area (Å²) >= 11 is 0. The Hall–Kier alpha value is -2.86. The van der Waals surface area contributed by atoms with Gasteiger partial charge >= 0.3 is 0 Å². The van der Waals surface area contributed by atoms with Crippen LogP contribution < -0.4 is 11.1 Å². The molecule has 4 N–H and O–H groups in total. The van der Waals surface area contributed by atoms with E-state index in [0.29, 0.717) is 23.3 Å². The first-order chi connectivity index (χ1) is 10.6. The quantitative estimate of drug-likeness (QED) is 0.681. The summed E-state index contributed by atoms with van der Waals surface area (Å²) in [6, 6.07) is 10.6. The minimum absolute atomic E-state index is 0.196. The fraction of sp³-hybridized carbons (Fsp3) is 0.125. The molecule has 0 radical (unpaired) electrons. The Labute approximate surface area is 127 Å². The molecule has 3 aromatic rings. The van der Waals surface area contributed by atoms with Crippen molar-refractivity contribution in [3.63, 3.8) is 0 Å². The van der Waals surface area contributed by atoms with Crippen molar-refractivity contribution in [1.82, 2.24) is 15.1 Å². The zero-order chi connectivity index (χ0) is 15.7. The molecule has 0 aliphatic carbocycles. The first kappa shape index (κ1) is 14.1. The summed E-state index contributed by atoms with van der Waals surface area (Å²) in [7, 11) is 1.82. The van der Waals surface area contributed by atoms with Gasteiger partial charge < -0.3 is 16.2 Å². The molecule has 0 fully saturated rings. The van der Waals surface area contributed by atoms with Crippen LogP contribution in [0.3, 0.4) is 0 Å². The fourth-order valence-electron chi connectivity index (χ4n) is 2.41. The maximum absolute atomic E-state index is 11.5.